The third-order valence-electron chi connectivity index (χ3n) is 2.14. The highest BCUT2D eigenvalue weighted by Gasteiger charge is 2.11. The van der Waals surface area contributed by atoms with Gasteiger partial charge in [-0.2, -0.15) is 0 Å². The Morgan fingerprint density at radius 1 is 1.33 bits per heavy atom. The summed E-state index contributed by atoms with van der Waals surface area (Å²) in [7, 11) is 1.50. The summed E-state index contributed by atoms with van der Waals surface area (Å²) in [4.78, 5) is 22.2. The lowest BCUT2D eigenvalue weighted by Crippen LogP contribution is -2.20. The second-order valence-electron chi connectivity index (χ2n) is 3.70. The Bertz CT molecular complexity index is 461. The molecule has 0 bridgehead atoms. The number of halogens is 1. The molecule has 1 unspecified atom stereocenters. The summed E-state index contributed by atoms with van der Waals surface area (Å²) in [6, 6.07) is 5.02. The number of alkyl halides is 1. The quantitative estimate of drug-likeness (QED) is 0.838. The maximum Gasteiger partial charge on any atom is 0.237 e. The predicted molar refractivity (Wildman–Crippen MR) is 74.3 cm³/mol. The van der Waals surface area contributed by atoms with Crippen molar-refractivity contribution in [2.24, 2.45) is 0 Å². The zero-order chi connectivity index (χ0) is 13.7. The molecule has 2 amide bonds. The van der Waals surface area contributed by atoms with Gasteiger partial charge >= 0.3 is 0 Å². The molecule has 0 fully saturated rings. The number of nitrogens with one attached hydrogen (secondary N) is 2. The molecule has 0 saturated carbocycles. The van der Waals surface area contributed by atoms with Crippen molar-refractivity contribution in [1.29, 1.82) is 0 Å². The van der Waals surface area contributed by atoms with Crippen molar-refractivity contribution in [2.45, 2.75) is 18.7 Å². The Morgan fingerprint density at radius 2 is 2.00 bits per heavy atom. The minimum absolute atomic E-state index is 0.149. The van der Waals surface area contributed by atoms with Gasteiger partial charge in [-0.25, -0.2) is 0 Å². The fourth-order valence-electron chi connectivity index (χ4n) is 1.30. The number of carbonyl (C=O) groups is 2. The number of hydrogen-bond acceptors (Lipinski definition) is 3. The molecule has 1 aromatic carbocycles. The van der Waals surface area contributed by atoms with Crippen LogP contribution in [0.3, 0.4) is 0 Å². The van der Waals surface area contributed by atoms with Gasteiger partial charge in [-0.1, -0.05) is 15.9 Å². The summed E-state index contributed by atoms with van der Waals surface area (Å²) >= 11 is 3.18. The zero-order valence-corrected chi connectivity index (χ0v) is 12.0. The summed E-state index contributed by atoms with van der Waals surface area (Å²) in [6.07, 6.45) is 0. The van der Waals surface area contributed by atoms with E-state index < -0.39 is 0 Å². The van der Waals surface area contributed by atoms with Crippen LogP contribution in [0.15, 0.2) is 18.2 Å². The van der Waals surface area contributed by atoms with Crippen LogP contribution in [-0.2, 0) is 9.59 Å². The number of anilines is 2. The molecule has 98 valence electrons. The Hall–Kier alpha value is -1.56. The molecule has 1 rings (SSSR count). The zero-order valence-electron chi connectivity index (χ0n) is 10.4. The maximum atomic E-state index is 11.5. The van der Waals surface area contributed by atoms with E-state index in [0.717, 1.165) is 0 Å². The first-order valence-electron chi connectivity index (χ1n) is 5.34. The molecule has 6 heteroatoms. The van der Waals surface area contributed by atoms with E-state index in [1.165, 1.54) is 14.0 Å². The standard InChI is InChI=1S/C12H15BrN2O3/c1-7(13)12(17)15-9-4-5-10(14-8(2)16)11(6-9)18-3/h4-7H,1-3H3,(H,14,16)(H,15,17). The van der Waals surface area contributed by atoms with Gasteiger partial charge in [-0.3, -0.25) is 9.59 Å². The average Bonchev–Trinajstić information content (AvgIpc) is 2.30. The Labute approximate surface area is 114 Å². The monoisotopic (exact) mass is 314 g/mol. The van der Waals surface area contributed by atoms with Crippen LogP contribution in [0, 0.1) is 0 Å². The van der Waals surface area contributed by atoms with E-state index in [1.807, 2.05) is 0 Å². The normalized spacial score (nSPS) is 11.6. The lowest BCUT2D eigenvalue weighted by Gasteiger charge is -2.12. The molecule has 18 heavy (non-hydrogen) atoms. The summed E-state index contributed by atoms with van der Waals surface area (Å²) in [5.41, 5.74) is 1.17. The van der Waals surface area contributed by atoms with E-state index in [4.69, 9.17) is 4.74 Å². The Balaban J connectivity index is 2.91. The number of carbonyl (C=O) groups excluding carboxylic acids is 2. The van der Waals surface area contributed by atoms with Gasteiger partial charge in [0, 0.05) is 18.7 Å². The number of rotatable bonds is 4. The first-order valence-corrected chi connectivity index (χ1v) is 6.26. The highest BCUT2D eigenvalue weighted by molar-refractivity contribution is 9.10. The SMILES string of the molecule is COc1cc(NC(=O)C(C)Br)ccc1NC(C)=O. The smallest absolute Gasteiger partial charge is 0.237 e. The molecule has 0 saturated heterocycles. The topological polar surface area (TPSA) is 67.4 Å². The van der Waals surface area contributed by atoms with Crippen LogP contribution in [0.5, 0.6) is 5.75 Å². The fourth-order valence-corrected chi connectivity index (χ4v) is 1.42. The molecule has 0 radical (unpaired) electrons. The fraction of sp³-hybridized carbons (Fsp3) is 0.333. The minimum Gasteiger partial charge on any atom is -0.494 e. The van der Waals surface area contributed by atoms with E-state index in [-0.39, 0.29) is 16.6 Å². The van der Waals surface area contributed by atoms with Gasteiger partial charge in [0.25, 0.3) is 0 Å². The molecule has 1 atom stereocenters. The van der Waals surface area contributed by atoms with Crippen molar-refractivity contribution < 1.29 is 14.3 Å². The van der Waals surface area contributed by atoms with Gasteiger partial charge in [-0.05, 0) is 19.1 Å². The van der Waals surface area contributed by atoms with E-state index >= 15 is 0 Å². The van der Waals surface area contributed by atoms with Crippen molar-refractivity contribution in [3.05, 3.63) is 18.2 Å². The highest BCUT2D eigenvalue weighted by atomic mass is 79.9. The van der Waals surface area contributed by atoms with Crippen molar-refractivity contribution >= 4 is 39.1 Å². The lowest BCUT2D eigenvalue weighted by molar-refractivity contribution is -0.115. The van der Waals surface area contributed by atoms with Crippen LogP contribution in [0.25, 0.3) is 0 Å². The first-order chi connectivity index (χ1) is 8.43. The molecule has 0 aliphatic carbocycles. The van der Waals surface area contributed by atoms with Gasteiger partial charge in [0.05, 0.1) is 17.6 Å². The van der Waals surface area contributed by atoms with Gasteiger partial charge in [0.15, 0.2) is 0 Å². The lowest BCUT2D eigenvalue weighted by atomic mass is 10.2. The number of methoxy groups -OCH3 is 1. The highest BCUT2D eigenvalue weighted by Crippen LogP contribution is 2.28. The van der Waals surface area contributed by atoms with Gasteiger partial charge in [0.2, 0.25) is 11.8 Å². The van der Waals surface area contributed by atoms with Crippen LogP contribution in [0.1, 0.15) is 13.8 Å². The molecule has 0 heterocycles. The maximum absolute atomic E-state index is 11.5. The molecular weight excluding hydrogens is 300 g/mol. The van der Waals surface area contributed by atoms with Crippen LogP contribution in [0.4, 0.5) is 11.4 Å². The molecule has 0 aromatic heterocycles. The molecule has 1 aromatic rings. The summed E-state index contributed by atoms with van der Waals surface area (Å²) in [5, 5.41) is 5.36. The number of ether oxygens (including phenoxy) is 1. The Morgan fingerprint density at radius 3 is 2.50 bits per heavy atom. The van der Waals surface area contributed by atoms with Crippen molar-refractivity contribution in [1.82, 2.24) is 0 Å². The molecule has 0 aliphatic heterocycles. The summed E-state index contributed by atoms with van der Waals surface area (Å²) < 4.78 is 5.15. The minimum atomic E-state index is -0.279. The largest absolute Gasteiger partial charge is 0.494 e. The third-order valence-corrected chi connectivity index (χ3v) is 2.56. The number of amides is 2. The second-order valence-corrected chi connectivity index (χ2v) is 5.08. The van der Waals surface area contributed by atoms with Crippen LogP contribution in [-0.4, -0.2) is 23.8 Å². The number of hydrogen-bond donors (Lipinski definition) is 2. The first kappa shape index (κ1) is 14.5. The summed E-state index contributed by atoms with van der Waals surface area (Å²) in [5.74, 6) is 0.161. The van der Waals surface area contributed by atoms with E-state index in [1.54, 1.807) is 25.1 Å². The second kappa shape index (κ2) is 6.39. The molecule has 0 aliphatic rings. The van der Waals surface area contributed by atoms with Crippen LogP contribution < -0.4 is 15.4 Å². The van der Waals surface area contributed by atoms with Crippen LogP contribution in [0.2, 0.25) is 0 Å². The molecule has 5 nitrogen and oxygen atoms in total. The average molecular weight is 315 g/mol. The van der Waals surface area contributed by atoms with Gasteiger partial charge < -0.3 is 15.4 Å². The Kier molecular flexibility index (Phi) is 5.15. The van der Waals surface area contributed by atoms with Gasteiger partial charge in [-0.15, -0.1) is 0 Å². The van der Waals surface area contributed by atoms with Crippen molar-refractivity contribution in [3.8, 4) is 5.75 Å². The molecular formula is C12H15BrN2O3. The van der Waals surface area contributed by atoms with E-state index in [9.17, 15) is 9.59 Å². The molecule has 0 spiro atoms. The van der Waals surface area contributed by atoms with Crippen molar-refractivity contribution in [3.63, 3.8) is 0 Å². The van der Waals surface area contributed by atoms with Gasteiger partial charge in [0.1, 0.15) is 5.75 Å². The van der Waals surface area contributed by atoms with Crippen molar-refractivity contribution in [2.75, 3.05) is 17.7 Å². The molecule has 2 N–H and O–H groups in total. The summed E-state index contributed by atoms with van der Waals surface area (Å²) in [6.45, 7) is 3.15. The number of benzene rings is 1. The van der Waals surface area contributed by atoms with Crippen LogP contribution >= 0.6 is 15.9 Å². The van der Waals surface area contributed by atoms with E-state index in [0.29, 0.717) is 17.1 Å². The predicted octanol–water partition coefficient (Wildman–Crippen LogP) is 2.38. The third kappa shape index (κ3) is 4.03. The van der Waals surface area contributed by atoms with E-state index in [2.05, 4.69) is 26.6 Å².